The van der Waals surface area contributed by atoms with E-state index in [9.17, 15) is 10.2 Å². The fraction of sp³-hybridized carbons (Fsp3) is 0.455. The lowest BCUT2D eigenvalue weighted by Crippen LogP contribution is -1.89. The minimum Gasteiger partial charge on any atom is -0.508 e. The standard InChI is InChI=1S/C11H16O2/c1-3-4-5-9-10(12)7-6-8(2)11(9)13/h6-7,12-13H,3-5H2,1-2H3. The molecule has 13 heavy (non-hydrogen) atoms. The van der Waals surface area contributed by atoms with Gasteiger partial charge in [-0.25, -0.2) is 0 Å². The maximum atomic E-state index is 9.65. The summed E-state index contributed by atoms with van der Waals surface area (Å²) >= 11 is 0. The molecule has 0 saturated carbocycles. The second-order valence-corrected chi connectivity index (χ2v) is 3.33. The van der Waals surface area contributed by atoms with Gasteiger partial charge in [0.05, 0.1) is 0 Å². The molecule has 1 rings (SSSR count). The van der Waals surface area contributed by atoms with Crippen molar-refractivity contribution in [2.24, 2.45) is 0 Å². The van der Waals surface area contributed by atoms with Crippen molar-refractivity contribution in [3.05, 3.63) is 23.3 Å². The monoisotopic (exact) mass is 180 g/mol. The summed E-state index contributed by atoms with van der Waals surface area (Å²) in [6, 6.07) is 3.36. The number of rotatable bonds is 3. The van der Waals surface area contributed by atoms with Crippen LogP contribution in [0.5, 0.6) is 11.5 Å². The predicted molar refractivity (Wildman–Crippen MR) is 53.1 cm³/mol. The first-order valence-electron chi connectivity index (χ1n) is 4.67. The van der Waals surface area contributed by atoms with Crippen LogP contribution in [0.2, 0.25) is 0 Å². The number of hydrogen-bond acceptors (Lipinski definition) is 2. The SMILES string of the molecule is CCCCc1c(O)ccc(C)c1O. The minimum absolute atomic E-state index is 0.205. The average Bonchev–Trinajstić information content (AvgIpc) is 2.12. The molecule has 72 valence electrons. The number of hydrogen-bond donors (Lipinski definition) is 2. The summed E-state index contributed by atoms with van der Waals surface area (Å²) in [5.74, 6) is 0.449. The van der Waals surface area contributed by atoms with Gasteiger partial charge in [-0.2, -0.15) is 0 Å². The van der Waals surface area contributed by atoms with Crippen molar-refractivity contribution in [2.45, 2.75) is 33.1 Å². The van der Waals surface area contributed by atoms with E-state index in [4.69, 9.17) is 0 Å². The zero-order valence-electron chi connectivity index (χ0n) is 8.17. The smallest absolute Gasteiger partial charge is 0.125 e. The Morgan fingerprint density at radius 3 is 2.54 bits per heavy atom. The molecule has 0 bridgehead atoms. The number of aromatic hydroxyl groups is 2. The van der Waals surface area contributed by atoms with Crippen LogP contribution in [0.15, 0.2) is 12.1 Å². The molecule has 0 amide bonds. The molecule has 1 aromatic rings. The van der Waals surface area contributed by atoms with Crippen LogP contribution in [0.3, 0.4) is 0 Å². The Morgan fingerprint density at radius 2 is 1.92 bits per heavy atom. The molecule has 0 aliphatic heterocycles. The van der Waals surface area contributed by atoms with E-state index in [-0.39, 0.29) is 11.5 Å². The van der Waals surface area contributed by atoms with Crippen LogP contribution in [-0.2, 0) is 6.42 Å². The van der Waals surface area contributed by atoms with E-state index in [0.29, 0.717) is 5.56 Å². The lowest BCUT2D eigenvalue weighted by atomic mass is 10.0. The molecular weight excluding hydrogens is 164 g/mol. The highest BCUT2D eigenvalue weighted by Crippen LogP contribution is 2.31. The molecule has 2 nitrogen and oxygen atoms in total. The maximum Gasteiger partial charge on any atom is 0.125 e. The summed E-state index contributed by atoms with van der Waals surface area (Å²) in [6.07, 6.45) is 2.80. The van der Waals surface area contributed by atoms with Crippen molar-refractivity contribution in [1.29, 1.82) is 0 Å². The summed E-state index contributed by atoms with van der Waals surface area (Å²) in [5, 5.41) is 19.1. The van der Waals surface area contributed by atoms with Gasteiger partial charge in [0, 0.05) is 5.56 Å². The van der Waals surface area contributed by atoms with Crippen molar-refractivity contribution < 1.29 is 10.2 Å². The molecule has 2 heteroatoms. The Labute approximate surface area is 78.8 Å². The normalized spacial score (nSPS) is 10.3. The zero-order chi connectivity index (χ0) is 9.84. The van der Waals surface area contributed by atoms with Crippen LogP contribution >= 0.6 is 0 Å². The molecular formula is C11H16O2. The van der Waals surface area contributed by atoms with Crippen LogP contribution in [0.25, 0.3) is 0 Å². The number of phenols is 2. The molecule has 0 spiro atoms. The number of benzene rings is 1. The molecule has 0 unspecified atom stereocenters. The first kappa shape index (κ1) is 9.90. The van der Waals surface area contributed by atoms with Gasteiger partial charge in [-0.15, -0.1) is 0 Å². The van der Waals surface area contributed by atoms with Gasteiger partial charge in [-0.1, -0.05) is 19.4 Å². The van der Waals surface area contributed by atoms with Crippen molar-refractivity contribution in [3.8, 4) is 11.5 Å². The van der Waals surface area contributed by atoms with E-state index < -0.39 is 0 Å². The van der Waals surface area contributed by atoms with Gasteiger partial charge in [-0.05, 0) is 31.4 Å². The quantitative estimate of drug-likeness (QED) is 0.750. The molecule has 0 aliphatic rings. The summed E-state index contributed by atoms with van der Waals surface area (Å²) in [5.41, 5.74) is 1.51. The first-order chi connectivity index (χ1) is 6.16. The summed E-state index contributed by atoms with van der Waals surface area (Å²) < 4.78 is 0. The van der Waals surface area contributed by atoms with E-state index in [1.807, 2.05) is 6.92 Å². The van der Waals surface area contributed by atoms with Gasteiger partial charge in [0.1, 0.15) is 11.5 Å². The van der Waals surface area contributed by atoms with Gasteiger partial charge in [0.25, 0.3) is 0 Å². The summed E-state index contributed by atoms with van der Waals surface area (Å²) in [6.45, 7) is 3.92. The fourth-order valence-corrected chi connectivity index (χ4v) is 1.34. The van der Waals surface area contributed by atoms with Gasteiger partial charge in [-0.3, -0.25) is 0 Å². The van der Waals surface area contributed by atoms with Crippen molar-refractivity contribution in [3.63, 3.8) is 0 Å². The second kappa shape index (κ2) is 4.17. The molecule has 1 aromatic carbocycles. The third-order valence-electron chi connectivity index (χ3n) is 2.24. The first-order valence-corrected chi connectivity index (χ1v) is 4.67. The van der Waals surface area contributed by atoms with E-state index in [2.05, 4.69) is 6.92 Å². The van der Waals surface area contributed by atoms with Crippen LogP contribution in [0.1, 0.15) is 30.9 Å². The molecule has 0 atom stereocenters. The molecule has 0 heterocycles. The number of unbranched alkanes of at least 4 members (excludes halogenated alkanes) is 1. The summed E-state index contributed by atoms with van der Waals surface area (Å²) in [4.78, 5) is 0. The lowest BCUT2D eigenvalue weighted by molar-refractivity contribution is 0.434. The van der Waals surface area contributed by atoms with Crippen LogP contribution < -0.4 is 0 Å². The Bertz CT molecular complexity index is 292. The topological polar surface area (TPSA) is 40.5 Å². The Balaban J connectivity index is 2.96. The number of aryl methyl sites for hydroxylation is 1. The lowest BCUT2D eigenvalue weighted by Gasteiger charge is -2.08. The minimum atomic E-state index is 0.205. The molecule has 2 N–H and O–H groups in total. The maximum absolute atomic E-state index is 9.65. The number of phenolic OH excluding ortho intramolecular Hbond substituents is 2. The highest BCUT2D eigenvalue weighted by atomic mass is 16.3. The van der Waals surface area contributed by atoms with E-state index >= 15 is 0 Å². The molecule has 0 fully saturated rings. The highest BCUT2D eigenvalue weighted by Gasteiger charge is 2.08. The Hall–Kier alpha value is -1.18. The highest BCUT2D eigenvalue weighted by molar-refractivity contribution is 5.47. The van der Waals surface area contributed by atoms with Crippen LogP contribution in [-0.4, -0.2) is 10.2 Å². The van der Waals surface area contributed by atoms with Crippen LogP contribution in [0, 0.1) is 6.92 Å². The third-order valence-corrected chi connectivity index (χ3v) is 2.24. The van der Waals surface area contributed by atoms with Crippen molar-refractivity contribution in [1.82, 2.24) is 0 Å². The molecule has 0 saturated heterocycles. The van der Waals surface area contributed by atoms with Gasteiger partial charge in [0.15, 0.2) is 0 Å². The zero-order valence-corrected chi connectivity index (χ0v) is 8.17. The Kier molecular flexibility index (Phi) is 3.18. The van der Waals surface area contributed by atoms with Crippen molar-refractivity contribution >= 4 is 0 Å². The predicted octanol–water partition coefficient (Wildman–Crippen LogP) is 2.75. The summed E-state index contributed by atoms with van der Waals surface area (Å²) in [7, 11) is 0. The van der Waals surface area contributed by atoms with E-state index in [1.165, 1.54) is 0 Å². The van der Waals surface area contributed by atoms with E-state index in [0.717, 1.165) is 24.8 Å². The Morgan fingerprint density at radius 1 is 1.23 bits per heavy atom. The second-order valence-electron chi connectivity index (χ2n) is 3.33. The molecule has 0 aliphatic carbocycles. The van der Waals surface area contributed by atoms with Crippen LogP contribution in [0.4, 0.5) is 0 Å². The molecule has 0 aromatic heterocycles. The van der Waals surface area contributed by atoms with Crippen molar-refractivity contribution in [2.75, 3.05) is 0 Å². The van der Waals surface area contributed by atoms with E-state index in [1.54, 1.807) is 12.1 Å². The third kappa shape index (κ3) is 2.14. The molecule has 0 radical (unpaired) electrons. The van der Waals surface area contributed by atoms with Gasteiger partial charge in [0.2, 0.25) is 0 Å². The van der Waals surface area contributed by atoms with Gasteiger partial charge < -0.3 is 10.2 Å². The largest absolute Gasteiger partial charge is 0.508 e. The van der Waals surface area contributed by atoms with Gasteiger partial charge >= 0.3 is 0 Å². The fourth-order valence-electron chi connectivity index (χ4n) is 1.34. The average molecular weight is 180 g/mol.